The molecule has 0 saturated carbocycles. The summed E-state index contributed by atoms with van der Waals surface area (Å²) in [6.07, 6.45) is 40.1. The highest BCUT2D eigenvalue weighted by molar-refractivity contribution is 7.85. The number of ether oxygens (including phenoxy) is 4. The molecule has 0 aromatic carbocycles. The van der Waals surface area contributed by atoms with Gasteiger partial charge in [-0.2, -0.15) is 8.42 Å². The fraction of sp³-hybridized carbons (Fsp3) is 0.804. The van der Waals surface area contributed by atoms with Gasteiger partial charge in [0.1, 0.15) is 36.8 Å². The van der Waals surface area contributed by atoms with Crippen LogP contribution in [-0.4, -0.2) is 96.0 Å². The third kappa shape index (κ3) is 34.9. The standard InChI is InChI=1S/C51H90O12S/c1-3-5-7-9-11-13-15-17-19-20-21-22-23-24-26-27-29-31-33-35-37-39-46(52)60-41-44(42-61-51-50(56)49(55)48(54)45(63-51)43-64(57,58)59)62-47(53)40-38-36-34-32-30-28-25-18-16-14-12-10-8-6-4-2/h6,8,12,14,17-19,25,44-45,48-51,54-56H,3-5,7,9-11,13,15-16,20-24,26-43H2,1-2H3,(H,57,58,59)/b8-6+,14-12+,19-17+,25-18+/t44-,45-,48-,49?,50?,51+/m1/s1. The number of rotatable bonds is 42. The van der Waals surface area contributed by atoms with Crippen molar-refractivity contribution >= 4 is 22.1 Å². The fourth-order valence-corrected chi connectivity index (χ4v) is 8.20. The minimum absolute atomic E-state index is 0.144. The van der Waals surface area contributed by atoms with Gasteiger partial charge in [-0.05, 0) is 70.6 Å². The number of hydrogen-bond donors (Lipinski definition) is 4. The summed E-state index contributed by atoms with van der Waals surface area (Å²) in [6, 6.07) is 0. The average Bonchev–Trinajstić information content (AvgIpc) is 3.26. The first-order valence-electron chi connectivity index (χ1n) is 25.2. The van der Waals surface area contributed by atoms with Crippen LogP contribution in [0.2, 0.25) is 0 Å². The van der Waals surface area contributed by atoms with Crippen LogP contribution < -0.4 is 0 Å². The first-order chi connectivity index (χ1) is 31.0. The van der Waals surface area contributed by atoms with Gasteiger partial charge >= 0.3 is 11.9 Å². The van der Waals surface area contributed by atoms with Crippen molar-refractivity contribution in [3.8, 4) is 0 Å². The van der Waals surface area contributed by atoms with Crippen LogP contribution in [0.5, 0.6) is 0 Å². The van der Waals surface area contributed by atoms with Gasteiger partial charge in [0.05, 0.1) is 6.61 Å². The molecule has 12 nitrogen and oxygen atoms in total. The molecule has 1 rings (SSSR count). The number of hydrogen-bond acceptors (Lipinski definition) is 11. The summed E-state index contributed by atoms with van der Waals surface area (Å²) < 4.78 is 54.2. The Labute approximate surface area is 388 Å². The van der Waals surface area contributed by atoms with E-state index >= 15 is 0 Å². The van der Waals surface area contributed by atoms with E-state index in [1.165, 1.54) is 96.3 Å². The smallest absolute Gasteiger partial charge is 0.306 e. The molecule has 0 bridgehead atoms. The molecular formula is C51H90O12S. The molecule has 13 heteroatoms. The summed E-state index contributed by atoms with van der Waals surface area (Å²) in [7, 11) is -4.61. The van der Waals surface area contributed by atoms with Crippen LogP contribution in [-0.2, 0) is 38.7 Å². The summed E-state index contributed by atoms with van der Waals surface area (Å²) in [5.41, 5.74) is 0. The summed E-state index contributed by atoms with van der Waals surface area (Å²) in [6.45, 7) is 3.65. The first-order valence-corrected chi connectivity index (χ1v) is 26.8. The van der Waals surface area contributed by atoms with Crippen LogP contribution in [0.4, 0.5) is 0 Å². The molecule has 372 valence electrons. The minimum atomic E-state index is -4.61. The highest BCUT2D eigenvalue weighted by atomic mass is 32.2. The molecule has 1 fully saturated rings. The van der Waals surface area contributed by atoms with Crippen LogP contribution >= 0.6 is 0 Å². The molecule has 4 N–H and O–H groups in total. The zero-order valence-corrected chi connectivity index (χ0v) is 40.7. The molecule has 0 spiro atoms. The van der Waals surface area contributed by atoms with Crippen molar-refractivity contribution in [2.45, 2.75) is 243 Å². The molecule has 2 unspecified atom stereocenters. The third-order valence-electron chi connectivity index (χ3n) is 11.4. The number of carbonyl (C=O) groups excluding carboxylic acids is 2. The van der Waals surface area contributed by atoms with E-state index in [0.717, 1.165) is 70.6 Å². The van der Waals surface area contributed by atoms with Crippen LogP contribution in [0.25, 0.3) is 0 Å². The van der Waals surface area contributed by atoms with Gasteiger partial charge in [-0.15, -0.1) is 0 Å². The Morgan fingerprint density at radius 2 is 0.984 bits per heavy atom. The van der Waals surface area contributed by atoms with E-state index in [4.69, 9.17) is 18.9 Å². The predicted octanol–water partition coefficient (Wildman–Crippen LogP) is 11.1. The molecule has 0 amide bonds. The van der Waals surface area contributed by atoms with Gasteiger partial charge < -0.3 is 34.3 Å². The maximum absolute atomic E-state index is 12.8. The topological polar surface area (TPSA) is 186 Å². The highest BCUT2D eigenvalue weighted by Crippen LogP contribution is 2.24. The lowest BCUT2D eigenvalue weighted by Gasteiger charge is -2.40. The van der Waals surface area contributed by atoms with Gasteiger partial charge in [-0.25, -0.2) is 0 Å². The zero-order valence-electron chi connectivity index (χ0n) is 39.9. The van der Waals surface area contributed by atoms with Gasteiger partial charge in [0.25, 0.3) is 10.1 Å². The van der Waals surface area contributed by atoms with Crippen LogP contribution in [0.15, 0.2) is 48.6 Å². The van der Waals surface area contributed by atoms with Crippen molar-refractivity contribution in [3.63, 3.8) is 0 Å². The second kappa shape index (κ2) is 40.8. The Hall–Kier alpha value is -2.39. The minimum Gasteiger partial charge on any atom is -0.462 e. The summed E-state index contributed by atoms with van der Waals surface area (Å²) in [4.78, 5) is 25.5. The lowest BCUT2D eigenvalue weighted by atomic mass is 10.00. The predicted molar refractivity (Wildman–Crippen MR) is 256 cm³/mol. The first kappa shape index (κ1) is 59.6. The van der Waals surface area contributed by atoms with Crippen LogP contribution in [0.1, 0.15) is 206 Å². The van der Waals surface area contributed by atoms with E-state index in [1.807, 2.05) is 0 Å². The number of carbonyl (C=O) groups is 2. The Bertz CT molecular complexity index is 1360. The molecule has 0 aliphatic carbocycles. The van der Waals surface area contributed by atoms with Crippen molar-refractivity contribution in [1.29, 1.82) is 0 Å². The largest absolute Gasteiger partial charge is 0.462 e. The summed E-state index contributed by atoms with van der Waals surface area (Å²) >= 11 is 0. The Morgan fingerprint density at radius 1 is 0.547 bits per heavy atom. The van der Waals surface area contributed by atoms with Crippen molar-refractivity contribution in [2.24, 2.45) is 0 Å². The van der Waals surface area contributed by atoms with Crippen molar-refractivity contribution in [2.75, 3.05) is 19.0 Å². The molecule has 0 aromatic heterocycles. The fourth-order valence-electron chi connectivity index (χ4n) is 7.51. The zero-order chi connectivity index (χ0) is 46.9. The monoisotopic (exact) mass is 927 g/mol. The molecule has 6 atom stereocenters. The average molecular weight is 927 g/mol. The summed E-state index contributed by atoms with van der Waals surface area (Å²) in [5.74, 6) is -2.00. The number of aliphatic hydroxyl groups excluding tert-OH is 3. The van der Waals surface area contributed by atoms with Gasteiger partial charge in [0, 0.05) is 12.8 Å². The normalized spacial score (nSPS) is 20.0. The number of allylic oxidation sites excluding steroid dienone is 8. The van der Waals surface area contributed by atoms with Crippen LogP contribution in [0, 0.1) is 0 Å². The van der Waals surface area contributed by atoms with E-state index in [1.54, 1.807) is 0 Å². The molecule has 0 radical (unpaired) electrons. The number of unbranched alkanes of at least 4 members (excludes halogenated alkanes) is 22. The second-order valence-electron chi connectivity index (χ2n) is 17.4. The maximum atomic E-state index is 12.8. The summed E-state index contributed by atoms with van der Waals surface area (Å²) in [5, 5.41) is 30.9. The van der Waals surface area contributed by atoms with Gasteiger partial charge in [-0.3, -0.25) is 14.1 Å². The van der Waals surface area contributed by atoms with E-state index in [2.05, 4.69) is 62.5 Å². The number of esters is 2. The molecular weight excluding hydrogens is 837 g/mol. The lowest BCUT2D eigenvalue weighted by Crippen LogP contribution is -2.60. The second-order valence-corrected chi connectivity index (χ2v) is 18.9. The van der Waals surface area contributed by atoms with E-state index in [0.29, 0.717) is 12.8 Å². The number of aliphatic hydroxyl groups is 3. The van der Waals surface area contributed by atoms with Gasteiger partial charge in [0.2, 0.25) is 0 Å². The van der Waals surface area contributed by atoms with Gasteiger partial charge in [0.15, 0.2) is 12.4 Å². The highest BCUT2D eigenvalue weighted by Gasteiger charge is 2.46. The Kier molecular flexibility index (Phi) is 38.1. The van der Waals surface area contributed by atoms with Crippen LogP contribution in [0.3, 0.4) is 0 Å². The van der Waals surface area contributed by atoms with E-state index < -0.39 is 71.2 Å². The molecule has 0 aromatic rings. The molecule has 1 aliphatic heterocycles. The van der Waals surface area contributed by atoms with E-state index in [9.17, 15) is 37.9 Å². The van der Waals surface area contributed by atoms with Gasteiger partial charge in [-0.1, -0.05) is 172 Å². The van der Waals surface area contributed by atoms with Crippen molar-refractivity contribution in [1.82, 2.24) is 0 Å². The molecule has 64 heavy (non-hydrogen) atoms. The third-order valence-corrected chi connectivity index (χ3v) is 12.1. The van der Waals surface area contributed by atoms with Crippen molar-refractivity contribution < 1.29 is 56.8 Å². The van der Waals surface area contributed by atoms with E-state index in [-0.39, 0.29) is 19.4 Å². The van der Waals surface area contributed by atoms with Crippen molar-refractivity contribution in [3.05, 3.63) is 48.6 Å². The Balaban J connectivity index is 2.37. The Morgan fingerprint density at radius 3 is 1.48 bits per heavy atom. The molecule has 1 aliphatic rings. The quantitative estimate of drug-likeness (QED) is 0.0197. The molecule has 1 saturated heterocycles. The molecule has 1 heterocycles. The lowest BCUT2D eigenvalue weighted by molar-refractivity contribution is -0.297. The maximum Gasteiger partial charge on any atom is 0.306 e. The SMILES string of the molecule is CC/C=C/C/C=C/C/C=C/CCCCCCCC(=O)O[C@H](COC(=O)CCCCCCCCCCCCC/C=C/CCCCCCCC)CO[C@H]1O[C@H](CS(=O)(=O)O)[C@@H](O)C(O)C1O.